The van der Waals surface area contributed by atoms with Gasteiger partial charge in [-0.15, -0.1) is 0 Å². The van der Waals surface area contributed by atoms with Gasteiger partial charge in [-0.25, -0.2) is 0 Å². The molecule has 0 radical (unpaired) electrons. The zero-order valence-electron chi connectivity index (χ0n) is 16.3. The molecule has 0 saturated carbocycles. The molecule has 0 aliphatic carbocycles. The van der Waals surface area contributed by atoms with E-state index in [2.05, 4.69) is 0 Å². The van der Waals surface area contributed by atoms with Crippen LogP contribution in [0.5, 0.6) is 5.75 Å². The van der Waals surface area contributed by atoms with Crippen molar-refractivity contribution in [2.45, 2.75) is 20.3 Å². The first kappa shape index (κ1) is 19.0. The minimum Gasteiger partial charge on any atom is -0.494 e. The van der Waals surface area contributed by atoms with Crippen molar-refractivity contribution >= 4 is 11.8 Å². The Kier molecular flexibility index (Phi) is 5.84. The van der Waals surface area contributed by atoms with Crippen LogP contribution in [-0.4, -0.2) is 59.0 Å². The molecule has 6 nitrogen and oxygen atoms in total. The van der Waals surface area contributed by atoms with Crippen LogP contribution in [0.15, 0.2) is 36.7 Å². The average Bonchev–Trinajstić information content (AvgIpc) is 3.07. The fourth-order valence-electron chi connectivity index (χ4n) is 3.39. The van der Waals surface area contributed by atoms with Crippen LogP contribution < -0.4 is 4.74 Å². The minimum atomic E-state index is 0.0105. The number of rotatable bonds is 5. The summed E-state index contributed by atoms with van der Waals surface area (Å²) >= 11 is 0. The van der Waals surface area contributed by atoms with E-state index in [0.717, 1.165) is 16.9 Å². The molecular formula is C21H27N3O3. The van der Waals surface area contributed by atoms with Crippen molar-refractivity contribution < 1.29 is 14.3 Å². The minimum absolute atomic E-state index is 0.0105. The second-order valence-electron chi connectivity index (χ2n) is 6.95. The first-order chi connectivity index (χ1) is 13.0. The summed E-state index contributed by atoms with van der Waals surface area (Å²) in [5.74, 6) is 0.937. The van der Waals surface area contributed by atoms with Gasteiger partial charge in [-0.1, -0.05) is 0 Å². The number of benzene rings is 1. The lowest BCUT2D eigenvalue weighted by Gasteiger charge is -2.35. The highest BCUT2D eigenvalue weighted by Gasteiger charge is 2.25. The van der Waals surface area contributed by atoms with E-state index >= 15 is 0 Å². The SMILES string of the molecule is CCOc1ccc(C(=O)N2CCN(C(=O)Cc3ccn(C)c3)CC2)cc1C. The number of nitrogens with zero attached hydrogens (tertiary/aromatic N) is 3. The summed E-state index contributed by atoms with van der Waals surface area (Å²) in [6, 6.07) is 7.51. The van der Waals surface area contributed by atoms with Gasteiger partial charge in [0.25, 0.3) is 5.91 Å². The molecule has 2 amide bonds. The van der Waals surface area contributed by atoms with E-state index in [0.29, 0.717) is 44.8 Å². The first-order valence-electron chi connectivity index (χ1n) is 9.39. The maximum absolute atomic E-state index is 12.8. The molecule has 144 valence electrons. The maximum atomic E-state index is 12.8. The van der Waals surface area contributed by atoms with Crippen LogP contribution in [0.1, 0.15) is 28.4 Å². The number of hydrogen-bond acceptors (Lipinski definition) is 3. The van der Waals surface area contributed by atoms with Gasteiger partial charge >= 0.3 is 0 Å². The van der Waals surface area contributed by atoms with E-state index in [1.165, 1.54) is 0 Å². The second kappa shape index (κ2) is 8.29. The summed E-state index contributed by atoms with van der Waals surface area (Å²) in [6.45, 7) is 6.77. The lowest BCUT2D eigenvalue weighted by molar-refractivity contribution is -0.131. The van der Waals surface area contributed by atoms with E-state index in [4.69, 9.17) is 4.74 Å². The van der Waals surface area contributed by atoms with Crippen LogP contribution >= 0.6 is 0 Å². The fourth-order valence-corrected chi connectivity index (χ4v) is 3.39. The van der Waals surface area contributed by atoms with Crippen molar-refractivity contribution in [2.75, 3.05) is 32.8 Å². The molecule has 3 rings (SSSR count). The first-order valence-corrected chi connectivity index (χ1v) is 9.39. The van der Waals surface area contributed by atoms with Crippen molar-refractivity contribution in [1.29, 1.82) is 0 Å². The Hall–Kier alpha value is -2.76. The van der Waals surface area contributed by atoms with Gasteiger partial charge in [0.05, 0.1) is 13.0 Å². The Morgan fingerprint density at radius 2 is 1.78 bits per heavy atom. The zero-order valence-corrected chi connectivity index (χ0v) is 16.3. The molecule has 1 aliphatic heterocycles. The molecule has 27 heavy (non-hydrogen) atoms. The lowest BCUT2D eigenvalue weighted by atomic mass is 10.1. The van der Waals surface area contributed by atoms with Gasteiger partial charge in [0.2, 0.25) is 5.91 Å². The smallest absolute Gasteiger partial charge is 0.253 e. The number of amides is 2. The highest BCUT2D eigenvalue weighted by molar-refractivity contribution is 5.94. The molecule has 0 atom stereocenters. The summed E-state index contributed by atoms with van der Waals surface area (Å²) in [7, 11) is 1.95. The molecular weight excluding hydrogens is 342 g/mol. The number of carbonyl (C=O) groups excluding carboxylic acids is 2. The summed E-state index contributed by atoms with van der Waals surface area (Å²) in [6.07, 6.45) is 4.32. The van der Waals surface area contributed by atoms with E-state index in [-0.39, 0.29) is 11.8 Å². The number of ether oxygens (including phenoxy) is 1. The van der Waals surface area contributed by atoms with E-state index in [1.54, 1.807) is 0 Å². The molecule has 0 N–H and O–H groups in total. The summed E-state index contributed by atoms with van der Waals surface area (Å²) in [4.78, 5) is 28.9. The highest BCUT2D eigenvalue weighted by Crippen LogP contribution is 2.20. The van der Waals surface area contributed by atoms with Gasteiger partial charge in [0, 0.05) is 51.2 Å². The van der Waals surface area contributed by atoms with Crippen molar-refractivity contribution in [3.8, 4) is 5.75 Å². The van der Waals surface area contributed by atoms with E-state index in [1.807, 2.05) is 71.9 Å². The molecule has 0 unspecified atom stereocenters. The topological polar surface area (TPSA) is 54.8 Å². The van der Waals surface area contributed by atoms with E-state index in [9.17, 15) is 9.59 Å². The number of piperazine rings is 1. The van der Waals surface area contributed by atoms with Crippen molar-refractivity contribution in [3.63, 3.8) is 0 Å². The number of aryl methyl sites for hydroxylation is 2. The van der Waals surface area contributed by atoms with Crippen LogP contribution in [0.4, 0.5) is 0 Å². The molecule has 1 aliphatic rings. The third kappa shape index (κ3) is 4.51. The average molecular weight is 369 g/mol. The quantitative estimate of drug-likeness (QED) is 0.812. The molecule has 6 heteroatoms. The molecule has 2 aromatic rings. The van der Waals surface area contributed by atoms with Gasteiger partial charge in [-0.05, 0) is 49.2 Å². The Balaban J connectivity index is 1.56. The van der Waals surface area contributed by atoms with Gasteiger partial charge < -0.3 is 19.1 Å². The molecule has 1 saturated heterocycles. The van der Waals surface area contributed by atoms with Gasteiger partial charge in [-0.2, -0.15) is 0 Å². The fraction of sp³-hybridized carbons (Fsp3) is 0.429. The van der Waals surface area contributed by atoms with Crippen LogP contribution in [0.3, 0.4) is 0 Å². The van der Waals surface area contributed by atoms with Crippen molar-refractivity contribution in [3.05, 3.63) is 53.3 Å². The van der Waals surface area contributed by atoms with Gasteiger partial charge in [-0.3, -0.25) is 9.59 Å². The Morgan fingerprint density at radius 3 is 2.37 bits per heavy atom. The Bertz CT molecular complexity index is 820. The molecule has 2 heterocycles. The largest absolute Gasteiger partial charge is 0.494 e. The predicted molar refractivity (Wildman–Crippen MR) is 104 cm³/mol. The molecule has 1 aromatic heterocycles. The van der Waals surface area contributed by atoms with Crippen LogP contribution in [-0.2, 0) is 18.3 Å². The number of hydrogen-bond donors (Lipinski definition) is 0. The molecule has 1 fully saturated rings. The number of carbonyl (C=O) groups is 2. The monoisotopic (exact) mass is 369 g/mol. The van der Waals surface area contributed by atoms with Crippen LogP contribution in [0.2, 0.25) is 0 Å². The summed E-state index contributed by atoms with van der Waals surface area (Å²) in [5.41, 5.74) is 2.64. The van der Waals surface area contributed by atoms with Gasteiger partial charge in [0.1, 0.15) is 5.75 Å². The zero-order chi connectivity index (χ0) is 19.4. The van der Waals surface area contributed by atoms with Crippen LogP contribution in [0, 0.1) is 6.92 Å². The standard InChI is InChI=1S/C21H27N3O3/c1-4-27-19-6-5-18(13-16(19)2)21(26)24-11-9-23(10-12-24)20(25)14-17-7-8-22(3)15-17/h5-8,13,15H,4,9-12,14H2,1-3H3. The normalized spacial score (nSPS) is 14.3. The van der Waals surface area contributed by atoms with Gasteiger partial charge in [0.15, 0.2) is 0 Å². The molecule has 0 spiro atoms. The van der Waals surface area contributed by atoms with E-state index < -0.39 is 0 Å². The Labute approximate surface area is 160 Å². The van der Waals surface area contributed by atoms with Crippen molar-refractivity contribution in [1.82, 2.24) is 14.4 Å². The van der Waals surface area contributed by atoms with Crippen LogP contribution in [0.25, 0.3) is 0 Å². The lowest BCUT2D eigenvalue weighted by Crippen LogP contribution is -2.51. The summed E-state index contributed by atoms with van der Waals surface area (Å²) < 4.78 is 7.48. The summed E-state index contributed by atoms with van der Waals surface area (Å²) in [5, 5.41) is 0. The highest BCUT2D eigenvalue weighted by atomic mass is 16.5. The predicted octanol–water partition coefficient (Wildman–Crippen LogP) is 2.26. The second-order valence-corrected chi connectivity index (χ2v) is 6.95. The molecule has 0 bridgehead atoms. The third-order valence-electron chi connectivity index (χ3n) is 4.89. The maximum Gasteiger partial charge on any atom is 0.253 e. The third-order valence-corrected chi connectivity index (χ3v) is 4.89. The Morgan fingerprint density at radius 1 is 1.07 bits per heavy atom. The molecule has 1 aromatic carbocycles. The van der Waals surface area contributed by atoms with Crippen molar-refractivity contribution in [2.24, 2.45) is 7.05 Å². The number of aromatic nitrogens is 1.